The fourth-order valence-electron chi connectivity index (χ4n) is 3.05. The molecule has 0 aliphatic carbocycles. The van der Waals surface area contributed by atoms with Gasteiger partial charge in [0.25, 0.3) is 0 Å². The predicted octanol–water partition coefficient (Wildman–Crippen LogP) is 7.67. The molecule has 0 bridgehead atoms. The number of benzene rings is 3. The van der Waals surface area contributed by atoms with Gasteiger partial charge in [-0.3, -0.25) is 0 Å². The Kier molecular flexibility index (Phi) is 7.27. The van der Waals surface area contributed by atoms with Gasteiger partial charge in [-0.05, 0) is 43.2 Å². The molecule has 0 saturated heterocycles. The highest BCUT2D eigenvalue weighted by molar-refractivity contribution is 6.32. The van der Waals surface area contributed by atoms with Crippen LogP contribution in [0.15, 0.2) is 48.5 Å². The normalized spacial score (nSPS) is 10.9. The molecule has 0 N–H and O–H groups in total. The van der Waals surface area contributed by atoms with Gasteiger partial charge in [0.15, 0.2) is 17.5 Å². The number of rotatable bonds is 8. The van der Waals surface area contributed by atoms with Crippen molar-refractivity contribution < 1.29 is 22.6 Å². The molecule has 0 aliphatic rings. The van der Waals surface area contributed by atoms with E-state index in [2.05, 4.69) is 6.92 Å². The van der Waals surface area contributed by atoms with E-state index in [4.69, 9.17) is 21.1 Å². The molecule has 30 heavy (non-hydrogen) atoms. The minimum absolute atomic E-state index is 0.0776. The lowest BCUT2D eigenvalue weighted by atomic mass is 9.98. The van der Waals surface area contributed by atoms with Gasteiger partial charge in [0.2, 0.25) is 0 Å². The molecule has 0 radical (unpaired) electrons. The highest BCUT2D eigenvalue weighted by atomic mass is 35.5. The third kappa shape index (κ3) is 4.57. The summed E-state index contributed by atoms with van der Waals surface area (Å²) < 4.78 is 55.1. The van der Waals surface area contributed by atoms with Gasteiger partial charge >= 0.3 is 0 Å². The molecule has 0 heterocycles. The molecular weight excluding hydrogens is 413 g/mol. The van der Waals surface area contributed by atoms with Crippen LogP contribution >= 0.6 is 11.6 Å². The van der Waals surface area contributed by atoms with Gasteiger partial charge in [-0.15, -0.1) is 0 Å². The van der Waals surface area contributed by atoms with Crippen LogP contribution in [0.1, 0.15) is 26.7 Å². The van der Waals surface area contributed by atoms with Crippen LogP contribution in [0.25, 0.3) is 22.3 Å². The largest absolute Gasteiger partial charge is 0.494 e. The molecule has 0 spiro atoms. The van der Waals surface area contributed by atoms with Gasteiger partial charge in [0, 0.05) is 16.7 Å². The third-order valence-electron chi connectivity index (χ3n) is 4.65. The third-order valence-corrected chi connectivity index (χ3v) is 5.00. The van der Waals surface area contributed by atoms with Crippen LogP contribution in [-0.2, 0) is 0 Å². The van der Waals surface area contributed by atoms with Crippen molar-refractivity contribution >= 4 is 11.6 Å². The van der Waals surface area contributed by atoms with Gasteiger partial charge in [-0.25, -0.2) is 13.2 Å². The van der Waals surface area contributed by atoms with Crippen molar-refractivity contribution in [2.24, 2.45) is 0 Å². The molecule has 3 rings (SSSR count). The van der Waals surface area contributed by atoms with Crippen molar-refractivity contribution in [1.82, 2.24) is 0 Å². The molecule has 2 nitrogen and oxygen atoms in total. The van der Waals surface area contributed by atoms with E-state index in [0.717, 1.165) is 12.8 Å². The van der Waals surface area contributed by atoms with E-state index < -0.39 is 17.5 Å². The molecule has 6 heteroatoms. The first kappa shape index (κ1) is 22.0. The molecular formula is C24H22ClF3O2. The molecule has 3 aromatic carbocycles. The van der Waals surface area contributed by atoms with Gasteiger partial charge in [0.05, 0.1) is 13.2 Å². The van der Waals surface area contributed by atoms with Crippen molar-refractivity contribution in [3.63, 3.8) is 0 Å². The minimum Gasteiger partial charge on any atom is -0.494 e. The first-order valence-corrected chi connectivity index (χ1v) is 10.2. The van der Waals surface area contributed by atoms with E-state index in [1.807, 2.05) is 0 Å². The maximum Gasteiger partial charge on any atom is 0.167 e. The van der Waals surface area contributed by atoms with Crippen LogP contribution < -0.4 is 9.47 Å². The van der Waals surface area contributed by atoms with Crippen molar-refractivity contribution in [2.75, 3.05) is 13.2 Å². The molecule has 0 amide bonds. The average molecular weight is 435 g/mol. The molecule has 0 saturated carbocycles. The number of ether oxygens (including phenoxy) is 2. The fourth-order valence-corrected chi connectivity index (χ4v) is 3.27. The zero-order chi connectivity index (χ0) is 21.7. The molecule has 0 fully saturated rings. The monoisotopic (exact) mass is 434 g/mol. The van der Waals surface area contributed by atoms with E-state index >= 15 is 0 Å². The standard InChI is InChI=1S/C24H22ClF3O2/c1-3-5-14-30-16-8-6-15(7-9-16)17-10-11-19(24(28)23(17)27)18-12-13-20(29-4-2)21(25)22(18)26/h6-13H,3-5,14H2,1-2H3. The first-order chi connectivity index (χ1) is 14.5. The Hall–Kier alpha value is -2.66. The first-order valence-electron chi connectivity index (χ1n) is 9.80. The van der Waals surface area contributed by atoms with Crippen LogP contribution in [0.5, 0.6) is 11.5 Å². The SMILES string of the molecule is CCCCOc1ccc(-c2ccc(-c3ccc(OCC)c(Cl)c3F)c(F)c2F)cc1. The fraction of sp³-hybridized carbons (Fsp3) is 0.250. The average Bonchev–Trinajstić information content (AvgIpc) is 2.75. The van der Waals surface area contributed by atoms with Crippen molar-refractivity contribution in [3.8, 4) is 33.8 Å². The smallest absolute Gasteiger partial charge is 0.167 e. The Balaban J connectivity index is 1.92. The van der Waals surface area contributed by atoms with Crippen molar-refractivity contribution in [2.45, 2.75) is 26.7 Å². The highest BCUT2D eigenvalue weighted by Crippen LogP contribution is 2.38. The van der Waals surface area contributed by atoms with E-state index in [0.29, 0.717) is 24.5 Å². The zero-order valence-corrected chi connectivity index (χ0v) is 17.5. The predicted molar refractivity (Wildman–Crippen MR) is 114 cm³/mol. The summed E-state index contributed by atoms with van der Waals surface area (Å²) in [5, 5.41) is -0.267. The van der Waals surface area contributed by atoms with Crippen LogP contribution in [0, 0.1) is 17.5 Å². The number of hydrogen-bond donors (Lipinski definition) is 0. The molecule has 0 unspecified atom stereocenters. The summed E-state index contributed by atoms with van der Waals surface area (Å²) in [6, 6.07) is 12.3. The summed E-state index contributed by atoms with van der Waals surface area (Å²) in [6.45, 7) is 4.71. The minimum atomic E-state index is -1.14. The summed E-state index contributed by atoms with van der Waals surface area (Å²) in [6.07, 6.45) is 1.96. The van der Waals surface area contributed by atoms with E-state index in [1.165, 1.54) is 24.3 Å². The Labute approximate surface area is 179 Å². The molecule has 0 aliphatic heterocycles. The lowest BCUT2D eigenvalue weighted by molar-refractivity contribution is 0.309. The summed E-state index contributed by atoms with van der Waals surface area (Å²) in [5.41, 5.74) is 0.226. The zero-order valence-electron chi connectivity index (χ0n) is 16.8. The quantitative estimate of drug-likeness (QED) is 0.338. The van der Waals surface area contributed by atoms with Crippen LogP contribution in [0.2, 0.25) is 5.02 Å². The summed E-state index contributed by atoms with van der Waals surface area (Å²) >= 11 is 5.98. The Morgan fingerprint density at radius 1 is 0.733 bits per heavy atom. The summed E-state index contributed by atoms with van der Waals surface area (Å²) in [5.74, 6) is -2.25. The molecule has 158 valence electrons. The van der Waals surface area contributed by atoms with Crippen molar-refractivity contribution in [1.29, 1.82) is 0 Å². The second-order valence-corrected chi connectivity index (χ2v) is 7.07. The van der Waals surface area contributed by atoms with Gasteiger partial charge in [-0.1, -0.05) is 49.2 Å². The van der Waals surface area contributed by atoms with Crippen molar-refractivity contribution in [3.05, 3.63) is 71.0 Å². The van der Waals surface area contributed by atoms with E-state index in [1.54, 1.807) is 31.2 Å². The lowest BCUT2D eigenvalue weighted by Gasteiger charge is -2.13. The topological polar surface area (TPSA) is 18.5 Å². The van der Waals surface area contributed by atoms with Gasteiger partial charge < -0.3 is 9.47 Å². The van der Waals surface area contributed by atoms with E-state index in [9.17, 15) is 13.2 Å². The van der Waals surface area contributed by atoms with Crippen LogP contribution in [0.4, 0.5) is 13.2 Å². The highest BCUT2D eigenvalue weighted by Gasteiger charge is 2.21. The molecule has 0 aromatic heterocycles. The number of hydrogen-bond acceptors (Lipinski definition) is 2. The number of halogens is 4. The number of unbranched alkanes of at least 4 members (excludes halogenated alkanes) is 1. The molecule has 3 aromatic rings. The lowest BCUT2D eigenvalue weighted by Crippen LogP contribution is -1.99. The maximum atomic E-state index is 14.8. The Morgan fingerprint density at radius 3 is 2.00 bits per heavy atom. The second kappa shape index (κ2) is 9.90. The van der Waals surface area contributed by atoms with Gasteiger partial charge in [0.1, 0.15) is 16.5 Å². The second-order valence-electron chi connectivity index (χ2n) is 6.69. The maximum absolute atomic E-state index is 14.8. The van der Waals surface area contributed by atoms with Crippen LogP contribution in [-0.4, -0.2) is 13.2 Å². The van der Waals surface area contributed by atoms with Gasteiger partial charge in [-0.2, -0.15) is 0 Å². The summed E-state index contributed by atoms with van der Waals surface area (Å²) in [4.78, 5) is 0. The molecule has 0 atom stereocenters. The van der Waals surface area contributed by atoms with E-state index in [-0.39, 0.29) is 27.5 Å². The van der Waals surface area contributed by atoms with Crippen LogP contribution in [0.3, 0.4) is 0 Å². The summed E-state index contributed by atoms with van der Waals surface area (Å²) in [7, 11) is 0. The Bertz CT molecular complexity index is 1020. The Morgan fingerprint density at radius 2 is 1.33 bits per heavy atom.